The van der Waals surface area contributed by atoms with Gasteiger partial charge >= 0.3 is 6.18 Å². The van der Waals surface area contributed by atoms with E-state index in [2.05, 4.69) is 5.32 Å². The van der Waals surface area contributed by atoms with E-state index < -0.39 is 11.7 Å². The third-order valence-electron chi connectivity index (χ3n) is 3.02. The van der Waals surface area contributed by atoms with Crippen molar-refractivity contribution in [2.75, 3.05) is 12.4 Å². The van der Waals surface area contributed by atoms with Crippen molar-refractivity contribution in [2.24, 2.45) is 0 Å². The number of carbonyl (C=O) groups is 1. The highest BCUT2D eigenvalue weighted by Gasteiger charge is 2.29. The molecular formula is C16H14F3NO2. The van der Waals surface area contributed by atoms with Gasteiger partial charge in [0, 0.05) is 5.69 Å². The largest absolute Gasteiger partial charge is 0.497 e. The highest BCUT2D eigenvalue weighted by molar-refractivity contribution is 5.92. The van der Waals surface area contributed by atoms with E-state index in [0.29, 0.717) is 11.4 Å². The minimum Gasteiger partial charge on any atom is -0.497 e. The fraction of sp³-hybridized carbons (Fsp3) is 0.188. The van der Waals surface area contributed by atoms with Crippen LogP contribution in [0.15, 0.2) is 48.5 Å². The first-order valence-electron chi connectivity index (χ1n) is 6.48. The molecular weight excluding hydrogens is 295 g/mol. The summed E-state index contributed by atoms with van der Waals surface area (Å²) in [6, 6.07) is 11.3. The molecule has 116 valence electrons. The Hall–Kier alpha value is -2.50. The maximum atomic E-state index is 12.4. The maximum Gasteiger partial charge on any atom is 0.416 e. The highest BCUT2D eigenvalue weighted by Crippen LogP contribution is 2.29. The van der Waals surface area contributed by atoms with E-state index in [4.69, 9.17) is 4.74 Å². The number of anilines is 1. The van der Waals surface area contributed by atoms with Gasteiger partial charge in [-0.15, -0.1) is 0 Å². The Bertz CT molecular complexity index is 634. The quantitative estimate of drug-likeness (QED) is 0.930. The number of halogens is 3. The van der Waals surface area contributed by atoms with Crippen LogP contribution in [0.3, 0.4) is 0 Å². The summed E-state index contributed by atoms with van der Waals surface area (Å²) in [5.41, 5.74) is 0.359. The predicted molar refractivity (Wildman–Crippen MR) is 76.8 cm³/mol. The summed E-state index contributed by atoms with van der Waals surface area (Å²) in [6.45, 7) is 0. The van der Waals surface area contributed by atoms with Gasteiger partial charge in [0.1, 0.15) is 5.75 Å². The molecule has 0 aliphatic carbocycles. The average Bonchev–Trinajstić information content (AvgIpc) is 2.47. The van der Waals surface area contributed by atoms with Crippen LogP contribution in [-0.4, -0.2) is 13.0 Å². The molecule has 0 aliphatic rings. The molecule has 0 spiro atoms. The fourth-order valence-electron chi connectivity index (χ4n) is 1.88. The summed E-state index contributed by atoms with van der Waals surface area (Å²) in [5.74, 6) is 0.386. The molecule has 0 heterocycles. The zero-order valence-electron chi connectivity index (χ0n) is 11.8. The molecule has 0 atom stereocenters. The lowest BCUT2D eigenvalue weighted by Crippen LogP contribution is -2.14. The third-order valence-corrected chi connectivity index (χ3v) is 3.02. The van der Waals surface area contributed by atoms with Crippen LogP contribution in [0.25, 0.3) is 0 Å². The van der Waals surface area contributed by atoms with Crippen molar-refractivity contribution >= 4 is 11.6 Å². The summed E-state index contributed by atoms with van der Waals surface area (Å²) in [7, 11) is 1.55. The van der Waals surface area contributed by atoms with E-state index in [1.165, 1.54) is 12.1 Å². The van der Waals surface area contributed by atoms with Crippen molar-refractivity contribution in [3.63, 3.8) is 0 Å². The Morgan fingerprint density at radius 1 is 1.05 bits per heavy atom. The molecule has 0 unspecified atom stereocenters. The second-order valence-corrected chi connectivity index (χ2v) is 4.65. The highest BCUT2D eigenvalue weighted by atomic mass is 19.4. The summed E-state index contributed by atoms with van der Waals surface area (Å²) in [5, 5.41) is 2.56. The molecule has 6 heteroatoms. The molecule has 2 aromatic rings. The normalized spacial score (nSPS) is 11.1. The van der Waals surface area contributed by atoms with Crippen LogP contribution in [0.1, 0.15) is 11.1 Å². The van der Waals surface area contributed by atoms with Gasteiger partial charge < -0.3 is 10.1 Å². The van der Waals surface area contributed by atoms with Gasteiger partial charge in [-0.2, -0.15) is 13.2 Å². The number of carbonyl (C=O) groups excluding carboxylic acids is 1. The summed E-state index contributed by atoms with van der Waals surface area (Å²) >= 11 is 0. The Balaban J connectivity index is 1.96. The summed E-state index contributed by atoms with van der Waals surface area (Å²) < 4.78 is 42.3. The fourth-order valence-corrected chi connectivity index (χ4v) is 1.88. The molecule has 1 amide bonds. The molecule has 0 fully saturated rings. The standard InChI is InChI=1S/C16H14F3NO2/c1-22-14-8-2-11(3-9-14)10-15(21)20-13-6-4-12(5-7-13)16(17,18)19/h2-9H,10H2,1H3,(H,20,21). The van der Waals surface area contributed by atoms with Gasteiger partial charge in [0.25, 0.3) is 0 Å². The Morgan fingerprint density at radius 2 is 1.64 bits per heavy atom. The molecule has 3 nitrogen and oxygen atoms in total. The van der Waals surface area contributed by atoms with Crippen LogP contribution >= 0.6 is 0 Å². The lowest BCUT2D eigenvalue weighted by molar-refractivity contribution is -0.137. The van der Waals surface area contributed by atoms with E-state index in [0.717, 1.165) is 17.7 Å². The summed E-state index contributed by atoms with van der Waals surface area (Å²) in [4.78, 5) is 11.9. The van der Waals surface area contributed by atoms with Crippen LogP contribution in [0, 0.1) is 0 Å². The molecule has 2 aromatic carbocycles. The van der Waals surface area contributed by atoms with Crippen LogP contribution in [0.2, 0.25) is 0 Å². The zero-order valence-corrected chi connectivity index (χ0v) is 11.8. The van der Waals surface area contributed by atoms with Gasteiger partial charge in [0.15, 0.2) is 0 Å². The minimum atomic E-state index is -4.38. The second kappa shape index (κ2) is 6.51. The molecule has 0 saturated heterocycles. The van der Waals surface area contributed by atoms with Crippen molar-refractivity contribution in [3.8, 4) is 5.75 Å². The Labute approximate surface area is 125 Å². The van der Waals surface area contributed by atoms with E-state index in [-0.39, 0.29) is 12.3 Å². The average molecular weight is 309 g/mol. The number of rotatable bonds is 4. The van der Waals surface area contributed by atoms with Crippen LogP contribution in [0.4, 0.5) is 18.9 Å². The zero-order chi connectivity index (χ0) is 16.2. The van der Waals surface area contributed by atoms with Gasteiger partial charge in [-0.3, -0.25) is 4.79 Å². The van der Waals surface area contributed by atoms with Crippen LogP contribution in [-0.2, 0) is 17.4 Å². The first-order chi connectivity index (χ1) is 10.4. The van der Waals surface area contributed by atoms with E-state index in [1.54, 1.807) is 31.4 Å². The lowest BCUT2D eigenvalue weighted by atomic mass is 10.1. The molecule has 0 bridgehead atoms. The number of ether oxygens (including phenoxy) is 1. The van der Waals surface area contributed by atoms with Crippen molar-refractivity contribution < 1.29 is 22.7 Å². The van der Waals surface area contributed by atoms with Gasteiger partial charge in [-0.25, -0.2) is 0 Å². The Morgan fingerprint density at radius 3 is 2.14 bits per heavy atom. The maximum absolute atomic E-state index is 12.4. The number of hydrogen-bond acceptors (Lipinski definition) is 2. The SMILES string of the molecule is COc1ccc(CC(=O)Nc2ccc(C(F)(F)F)cc2)cc1. The molecule has 0 aliphatic heterocycles. The minimum absolute atomic E-state index is 0.130. The molecule has 1 N–H and O–H groups in total. The number of hydrogen-bond donors (Lipinski definition) is 1. The van der Waals surface area contributed by atoms with Crippen molar-refractivity contribution in [1.82, 2.24) is 0 Å². The van der Waals surface area contributed by atoms with E-state index in [1.807, 2.05) is 0 Å². The summed E-state index contributed by atoms with van der Waals surface area (Å²) in [6.07, 6.45) is -4.25. The lowest BCUT2D eigenvalue weighted by Gasteiger charge is -2.09. The number of nitrogens with one attached hydrogen (secondary N) is 1. The van der Waals surface area contributed by atoms with E-state index >= 15 is 0 Å². The Kier molecular flexibility index (Phi) is 4.70. The first kappa shape index (κ1) is 15.9. The van der Waals surface area contributed by atoms with Crippen LogP contribution < -0.4 is 10.1 Å². The smallest absolute Gasteiger partial charge is 0.416 e. The van der Waals surface area contributed by atoms with Gasteiger partial charge in [0.2, 0.25) is 5.91 Å². The third kappa shape index (κ3) is 4.25. The van der Waals surface area contributed by atoms with E-state index in [9.17, 15) is 18.0 Å². The number of methoxy groups -OCH3 is 1. The molecule has 0 saturated carbocycles. The van der Waals surface area contributed by atoms with Crippen molar-refractivity contribution in [1.29, 1.82) is 0 Å². The van der Waals surface area contributed by atoms with Gasteiger partial charge in [-0.05, 0) is 42.0 Å². The van der Waals surface area contributed by atoms with Gasteiger partial charge in [-0.1, -0.05) is 12.1 Å². The predicted octanol–water partition coefficient (Wildman–Crippen LogP) is 3.90. The topological polar surface area (TPSA) is 38.3 Å². The van der Waals surface area contributed by atoms with Crippen molar-refractivity contribution in [2.45, 2.75) is 12.6 Å². The van der Waals surface area contributed by atoms with Crippen LogP contribution in [0.5, 0.6) is 5.75 Å². The number of amides is 1. The van der Waals surface area contributed by atoms with Gasteiger partial charge in [0.05, 0.1) is 19.1 Å². The second-order valence-electron chi connectivity index (χ2n) is 4.65. The first-order valence-corrected chi connectivity index (χ1v) is 6.48. The molecule has 0 radical (unpaired) electrons. The monoisotopic (exact) mass is 309 g/mol. The molecule has 0 aromatic heterocycles. The molecule has 22 heavy (non-hydrogen) atoms. The number of alkyl halides is 3. The molecule has 2 rings (SSSR count). The van der Waals surface area contributed by atoms with Crippen molar-refractivity contribution in [3.05, 3.63) is 59.7 Å². The number of benzene rings is 2.